The van der Waals surface area contributed by atoms with Crippen molar-refractivity contribution in [3.05, 3.63) is 21.5 Å². The van der Waals surface area contributed by atoms with Crippen LogP contribution in [0.5, 0.6) is 0 Å². The smallest absolute Gasteiger partial charge is 0.138 e. The number of anilines is 2. The standard InChI is InChI=1S/C10H12FIN2O/c11-7-5-10(9(13)6-8(7)12)14-1-3-15-4-2-14/h5-6H,1-4,13H2. The number of halogens is 2. The molecule has 0 spiro atoms. The Labute approximate surface area is 102 Å². The molecule has 15 heavy (non-hydrogen) atoms. The van der Waals surface area contributed by atoms with Gasteiger partial charge in [0, 0.05) is 19.2 Å². The highest BCUT2D eigenvalue weighted by molar-refractivity contribution is 14.1. The Bertz CT molecular complexity index is 367. The van der Waals surface area contributed by atoms with Crippen molar-refractivity contribution in [3.63, 3.8) is 0 Å². The molecule has 1 aromatic carbocycles. The summed E-state index contributed by atoms with van der Waals surface area (Å²) in [6.07, 6.45) is 0. The quantitative estimate of drug-likeness (QED) is 0.633. The molecule has 1 saturated heterocycles. The number of hydrogen-bond donors (Lipinski definition) is 1. The van der Waals surface area contributed by atoms with E-state index >= 15 is 0 Å². The molecule has 0 radical (unpaired) electrons. The molecule has 2 N–H and O–H groups in total. The first-order valence-electron chi connectivity index (χ1n) is 4.75. The Morgan fingerprint density at radius 3 is 2.67 bits per heavy atom. The van der Waals surface area contributed by atoms with Gasteiger partial charge in [0.05, 0.1) is 28.2 Å². The zero-order chi connectivity index (χ0) is 10.8. The van der Waals surface area contributed by atoms with Gasteiger partial charge in [0.25, 0.3) is 0 Å². The normalized spacial score (nSPS) is 16.8. The summed E-state index contributed by atoms with van der Waals surface area (Å²) in [5.74, 6) is -0.216. The molecule has 5 heteroatoms. The fourth-order valence-electron chi connectivity index (χ4n) is 1.63. The number of nitrogens with two attached hydrogens (primary N) is 1. The Morgan fingerprint density at radius 1 is 1.33 bits per heavy atom. The number of morpholine rings is 1. The Balaban J connectivity index is 2.30. The van der Waals surface area contributed by atoms with Crippen LogP contribution >= 0.6 is 22.6 Å². The first-order valence-corrected chi connectivity index (χ1v) is 5.83. The highest BCUT2D eigenvalue weighted by Gasteiger charge is 2.15. The number of rotatable bonds is 1. The lowest BCUT2D eigenvalue weighted by molar-refractivity contribution is 0.122. The van der Waals surface area contributed by atoms with E-state index < -0.39 is 0 Å². The van der Waals surface area contributed by atoms with Crippen molar-refractivity contribution in [2.45, 2.75) is 0 Å². The average molecular weight is 322 g/mol. The first-order chi connectivity index (χ1) is 7.18. The third kappa shape index (κ3) is 2.34. The fraction of sp³-hybridized carbons (Fsp3) is 0.400. The van der Waals surface area contributed by atoms with Crippen LogP contribution in [0.4, 0.5) is 15.8 Å². The maximum Gasteiger partial charge on any atom is 0.138 e. The maximum atomic E-state index is 13.4. The van der Waals surface area contributed by atoms with Crippen LogP contribution in [0.3, 0.4) is 0 Å². The van der Waals surface area contributed by atoms with Crippen LogP contribution < -0.4 is 10.6 Å². The van der Waals surface area contributed by atoms with Gasteiger partial charge >= 0.3 is 0 Å². The summed E-state index contributed by atoms with van der Waals surface area (Å²) in [4.78, 5) is 2.05. The lowest BCUT2D eigenvalue weighted by Crippen LogP contribution is -2.36. The van der Waals surface area contributed by atoms with E-state index in [2.05, 4.69) is 4.90 Å². The van der Waals surface area contributed by atoms with Gasteiger partial charge in [-0.15, -0.1) is 0 Å². The summed E-state index contributed by atoms with van der Waals surface area (Å²) in [6.45, 7) is 2.88. The molecule has 1 heterocycles. The minimum absolute atomic E-state index is 0.216. The van der Waals surface area contributed by atoms with Crippen LogP contribution in [0.25, 0.3) is 0 Å². The topological polar surface area (TPSA) is 38.5 Å². The van der Waals surface area contributed by atoms with Crippen LogP contribution in [-0.2, 0) is 4.74 Å². The molecule has 1 aliphatic rings. The minimum Gasteiger partial charge on any atom is -0.397 e. The largest absolute Gasteiger partial charge is 0.397 e. The summed E-state index contributed by atoms with van der Waals surface area (Å²) in [6, 6.07) is 3.17. The van der Waals surface area contributed by atoms with Crippen molar-refractivity contribution in [1.82, 2.24) is 0 Å². The number of ether oxygens (including phenoxy) is 1. The van der Waals surface area contributed by atoms with Gasteiger partial charge in [0.2, 0.25) is 0 Å². The van der Waals surface area contributed by atoms with Crippen molar-refractivity contribution in [1.29, 1.82) is 0 Å². The summed E-state index contributed by atoms with van der Waals surface area (Å²) in [7, 11) is 0. The van der Waals surface area contributed by atoms with Gasteiger partial charge in [0.1, 0.15) is 5.82 Å². The van der Waals surface area contributed by atoms with Crippen LogP contribution in [0.2, 0.25) is 0 Å². The number of benzene rings is 1. The molecule has 3 nitrogen and oxygen atoms in total. The molecule has 0 amide bonds. The highest BCUT2D eigenvalue weighted by Crippen LogP contribution is 2.27. The Kier molecular flexibility index (Phi) is 3.30. The lowest BCUT2D eigenvalue weighted by atomic mass is 10.2. The van der Waals surface area contributed by atoms with Crippen LogP contribution in [0.15, 0.2) is 12.1 Å². The number of hydrogen-bond acceptors (Lipinski definition) is 3. The van der Waals surface area contributed by atoms with E-state index in [1.54, 1.807) is 6.07 Å². The van der Waals surface area contributed by atoms with Gasteiger partial charge < -0.3 is 15.4 Å². The van der Waals surface area contributed by atoms with Crippen molar-refractivity contribution < 1.29 is 9.13 Å². The molecule has 1 fully saturated rings. The van der Waals surface area contributed by atoms with Gasteiger partial charge in [-0.05, 0) is 28.7 Å². The van der Waals surface area contributed by atoms with Crippen molar-refractivity contribution in [2.24, 2.45) is 0 Å². The molecule has 0 aromatic heterocycles. The Hall–Kier alpha value is -0.560. The van der Waals surface area contributed by atoms with Gasteiger partial charge in [-0.1, -0.05) is 0 Å². The lowest BCUT2D eigenvalue weighted by Gasteiger charge is -2.29. The van der Waals surface area contributed by atoms with Crippen LogP contribution in [0, 0.1) is 9.39 Å². The number of nitrogen functional groups attached to an aromatic ring is 1. The average Bonchev–Trinajstić information content (AvgIpc) is 2.25. The maximum absolute atomic E-state index is 13.4. The number of nitrogens with zero attached hydrogens (tertiary/aromatic N) is 1. The molecule has 2 rings (SSSR count). The molecular weight excluding hydrogens is 310 g/mol. The zero-order valence-electron chi connectivity index (χ0n) is 8.17. The van der Waals surface area contributed by atoms with E-state index in [0.29, 0.717) is 22.5 Å². The molecular formula is C10H12FIN2O. The summed E-state index contributed by atoms with van der Waals surface area (Å²) in [5, 5.41) is 0. The second kappa shape index (κ2) is 4.52. The third-order valence-electron chi connectivity index (χ3n) is 2.42. The Morgan fingerprint density at radius 2 is 2.00 bits per heavy atom. The molecule has 1 aliphatic heterocycles. The second-order valence-electron chi connectivity index (χ2n) is 3.42. The van der Waals surface area contributed by atoms with Crippen LogP contribution in [-0.4, -0.2) is 26.3 Å². The fourth-order valence-corrected chi connectivity index (χ4v) is 2.12. The van der Waals surface area contributed by atoms with E-state index in [1.165, 1.54) is 6.07 Å². The SMILES string of the molecule is Nc1cc(I)c(F)cc1N1CCOCC1. The molecule has 82 valence electrons. The predicted octanol–water partition coefficient (Wildman–Crippen LogP) is 1.85. The monoisotopic (exact) mass is 322 g/mol. The summed E-state index contributed by atoms with van der Waals surface area (Å²) in [5.41, 5.74) is 7.27. The van der Waals surface area contributed by atoms with Crippen molar-refractivity contribution >= 4 is 34.0 Å². The first kappa shape index (κ1) is 10.9. The van der Waals surface area contributed by atoms with E-state index in [-0.39, 0.29) is 5.82 Å². The third-order valence-corrected chi connectivity index (χ3v) is 3.25. The summed E-state index contributed by atoms with van der Waals surface area (Å²) < 4.78 is 19.2. The van der Waals surface area contributed by atoms with Crippen molar-refractivity contribution in [3.8, 4) is 0 Å². The molecule has 0 saturated carbocycles. The van der Waals surface area contributed by atoms with E-state index in [4.69, 9.17) is 10.5 Å². The van der Waals surface area contributed by atoms with Gasteiger partial charge in [-0.3, -0.25) is 0 Å². The second-order valence-corrected chi connectivity index (χ2v) is 4.59. The molecule has 0 unspecified atom stereocenters. The zero-order valence-corrected chi connectivity index (χ0v) is 10.3. The van der Waals surface area contributed by atoms with Crippen LogP contribution in [0.1, 0.15) is 0 Å². The van der Waals surface area contributed by atoms with E-state index in [1.807, 2.05) is 22.6 Å². The predicted molar refractivity (Wildman–Crippen MR) is 66.6 cm³/mol. The molecule has 0 aliphatic carbocycles. The van der Waals surface area contributed by atoms with Gasteiger partial charge in [-0.2, -0.15) is 0 Å². The summed E-state index contributed by atoms with van der Waals surface area (Å²) >= 11 is 1.94. The van der Waals surface area contributed by atoms with E-state index in [0.717, 1.165) is 18.8 Å². The minimum atomic E-state index is -0.216. The molecule has 1 aromatic rings. The molecule has 0 bridgehead atoms. The molecule has 0 atom stereocenters. The van der Waals surface area contributed by atoms with E-state index in [9.17, 15) is 4.39 Å². The van der Waals surface area contributed by atoms with Gasteiger partial charge in [0.15, 0.2) is 0 Å². The van der Waals surface area contributed by atoms with Gasteiger partial charge in [-0.25, -0.2) is 4.39 Å². The van der Waals surface area contributed by atoms with Crippen molar-refractivity contribution in [2.75, 3.05) is 36.9 Å². The highest BCUT2D eigenvalue weighted by atomic mass is 127.